The smallest absolute Gasteiger partial charge is 0.246 e. The minimum absolute atomic E-state index is 0.0139. The van der Waals surface area contributed by atoms with Gasteiger partial charge in [-0.05, 0) is 25.2 Å². The second kappa shape index (κ2) is 5.35. The lowest BCUT2D eigenvalue weighted by Gasteiger charge is -2.23. The molecule has 3 nitrogen and oxygen atoms in total. The Labute approximate surface area is 86.2 Å². The fraction of sp³-hybridized carbons (Fsp3) is 0.909. The minimum Gasteiger partial charge on any atom is -0.372 e. The van der Waals surface area contributed by atoms with Crippen LogP contribution in [0.1, 0.15) is 39.5 Å². The van der Waals surface area contributed by atoms with Gasteiger partial charge in [-0.15, -0.1) is 0 Å². The third-order valence-electron chi connectivity index (χ3n) is 2.96. The van der Waals surface area contributed by atoms with Crippen molar-refractivity contribution in [2.75, 3.05) is 19.8 Å². The molecule has 1 fully saturated rings. The standard InChI is InChI=1S/C11H21NO2/c1-3-14-8-10(13)12-9-11(2)6-4-5-7-11/h3-9H2,1-2H3,(H,12,13). The van der Waals surface area contributed by atoms with Crippen molar-refractivity contribution in [1.29, 1.82) is 0 Å². The summed E-state index contributed by atoms with van der Waals surface area (Å²) < 4.78 is 5.03. The number of carbonyl (C=O) groups is 1. The molecule has 0 radical (unpaired) electrons. The fourth-order valence-electron chi connectivity index (χ4n) is 1.96. The van der Waals surface area contributed by atoms with E-state index in [1.54, 1.807) is 0 Å². The molecular formula is C11H21NO2. The Morgan fingerprint density at radius 1 is 1.43 bits per heavy atom. The summed E-state index contributed by atoms with van der Waals surface area (Å²) in [6.07, 6.45) is 5.08. The van der Waals surface area contributed by atoms with Crippen molar-refractivity contribution in [2.45, 2.75) is 39.5 Å². The van der Waals surface area contributed by atoms with E-state index >= 15 is 0 Å². The predicted molar refractivity (Wildman–Crippen MR) is 56.1 cm³/mol. The topological polar surface area (TPSA) is 38.3 Å². The second-order valence-corrected chi connectivity index (χ2v) is 4.43. The van der Waals surface area contributed by atoms with Gasteiger partial charge >= 0.3 is 0 Å². The van der Waals surface area contributed by atoms with Crippen LogP contribution in [-0.2, 0) is 9.53 Å². The lowest BCUT2D eigenvalue weighted by molar-refractivity contribution is -0.126. The first-order valence-corrected chi connectivity index (χ1v) is 5.51. The van der Waals surface area contributed by atoms with Crippen molar-refractivity contribution < 1.29 is 9.53 Å². The summed E-state index contributed by atoms with van der Waals surface area (Å²) in [4.78, 5) is 11.3. The Balaban J connectivity index is 2.15. The van der Waals surface area contributed by atoms with Crippen LogP contribution in [0, 0.1) is 5.41 Å². The van der Waals surface area contributed by atoms with Crippen molar-refractivity contribution in [2.24, 2.45) is 5.41 Å². The number of carbonyl (C=O) groups excluding carboxylic acids is 1. The molecule has 1 amide bonds. The Morgan fingerprint density at radius 3 is 2.64 bits per heavy atom. The first-order chi connectivity index (χ1) is 6.66. The molecule has 0 aliphatic heterocycles. The van der Waals surface area contributed by atoms with Crippen LogP contribution < -0.4 is 5.32 Å². The van der Waals surface area contributed by atoms with Gasteiger partial charge in [0.2, 0.25) is 5.91 Å². The highest BCUT2D eigenvalue weighted by Crippen LogP contribution is 2.36. The Kier molecular flexibility index (Phi) is 4.39. The summed E-state index contributed by atoms with van der Waals surface area (Å²) >= 11 is 0. The van der Waals surface area contributed by atoms with Gasteiger partial charge in [0.25, 0.3) is 0 Å². The maximum Gasteiger partial charge on any atom is 0.246 e. The van der Waals surface area contributed by atoms with E-state index in [9.17, 15) is 4.79 Å². The number of nitrogens with one attached hydrogen (secondary N) is 1. The Hall–Kier alpha value is -0.570. The van der Waals surface area contributed by atoms with E-state index < -0.39 is 0 Å². The van der Waals surface area contributed by atoms with Crippen molar-refractivity contribution in [3.05, 3.63) is 0 Å². The second-order valence-electron chi connectivity index (χ2n) is 4.43. The predicted octanol–water partition coefficient (Wildman–Crippen LogP) is 1.72. The van der Waals surface area contributed by atoms with Gasteiger partial charge in [0.05, 0.1) is 0 Å². The minimum atomic E-state index is 0.0139. The molecule has 0 aromatic rings. The summed E-state index contributed by atoms with van der Waals surface area (Å²) in [5.74, 6) is 0.0139. The van der Waals surface area contributed by atoms with Crippen LogP contribution in [0.25, 0.3) is 0 Å². The monoisotopic (exact) mass is 199 g/mol. The van der Waals surface area contributed by atoms with Crippen LogP contribution in [0.3, 0.4) is 0 Å². The lowest BCUT2D eigenvalue weighted by atomic mass is 9.89. The molecular weight excluding hydrogens is 178 g/mol. The van der Waals surface area contributed by atoms with Gasteiger partial charge < -0.3 is 10.1 Å². The summed E-state index contributed by atoms with van der Waals surface area (Å²) in [6, 6.07) is 0. The summed E-state index contributed by atoms with van der Waals surface area (Å²) in [6.45, 7) is 5.75. The molecule has 0 bridgehead atoms. The molecule has 0 saturated heterocycles. The van der Waals surface area contributed by atoms with Crippen molar-refractivity contribution in [3.8, 4) is 0 Å². The van der Waals surface area contributed by atoms with E-state index in [2.05, 4.69) is 12.2 Å². The van der Waals surface area contributed by atoms with Crippen LogP contribution in [-0.4, -0.2) is 25.7 Å². The summed E-state index contributed by atoms with van der Waals surface area (Å²) in [7, 11) is 0. The number of amides is 1. The number of rotatable bonds is 5. The van der Waals surface area contributed by atoms with Gasteiger partial charge in [-0.25, -0.2) is 0 Å². The fourth-order valence-corrected chi connectivity index (χ4v) is 1.96. The van der Waals surface area contributed by atoms with Gasteiger partial charge in [-0.2, -0.15) is 0 Å². The molecule has 0 aromatic heterocycles. The SMILES string of the molecule is CCOCC(=O)NCC1(C)CCCC1. The molecule has 1 N–H and O–H groups in total. The highest BCUT2D eigenvalue weighted by Gasteiger charge is 2.28. The quantitative estimate of drug-likeness (QED) is 0.732. The van der Waals surface area contributed by atoms with Gasteiger partial charge in [-0.1, -0.05) is 19.8 Å². The summed E-state index contributed by atoms with van der Waals surface area (Å²) in [5, 5.41) is 2.94. The van der Waals surface area contributed by atoms with Crippen LogP contribution in [0.2, 0.25) is 0 Å². The molecule has 82 valence electrons. The molecule has 0 aromatic carbocycles. The van der Waals surface area contributed by atoms with E-state index in [0.29, 0.717) is 12.0 Å². The number of hydrogen-bond acceptors (Lipinski definition) is 2. The Morgan fingerprint density at radius 2 is 2.07 bits per heavy atom. The number of ether oxygens (including phenoxy) is 1. The molecule has 14 heavy (non-hydrogen) atoms. The van der Waals surface area contributed by atoms with Crippen molar-refractivity contribution in [1.82, 2.24) is 5.32 Å². The van der Waals surface area contributed by atoms with Gasteiger partial charge in [0.15, 0.2) is 0 Å². The van der Waals surface area contributed by atoms with Gasteiger partial charge in [-0.3, -0.25) is 4.79 Å². The third-order valence-corrected chi connectivity index (χ3v) is 2.96. The summed E-state index contributed by atoms with van der Waals surface area (Å²) in [5.41, 5.74) is 0.335. The van der Waals surface area contributed by atoms with E-state index in [1.165, 1.54) is 25.7 Å². The zero-order chi connectivity index (χ0) is 10.4. The largest absolute Gasteiger partial charge is 0.372 e. The molecule has 1 aliphatic rings. The van der Waals surface area contributed by atoms with E-state index in [4.69, 9.17) is 4.74 Å². The van der Waals surface area contributed by atoms with Crippen LogP contribution in [0.15, 0.2) is 0 Å². The maximum absolute atomic E-state index is 11.3. The van der Waals surface area contributed by atoms with Gasteiger partial charge in [0, 0.05) is 13.2 Å². The van der Waals surface area contributed by atoms with E-state index in [1.807, 2.05) is 6.92 Å². The van der Waals surface area contributed by atoms with Crippen LogP contribution >= 0.6 is 0 Å². The zero-order valence-electron chi connectivity index (χ0n) is 9.27. The first kappa shape index (κ1) is 11.5. The van der Waals surface area contributed by atoms with E-state index in [0.717, 1.165) is 6.54 Å². The average Bonchev–Trinajstić information content (AvgIpc) is 2.60. The normalized spacial score (nSPS) is 19.6. The highest BCUT2D eigenvalue weighted by molar-refractivity contribution is 5.77. The molecule has 3 heteroatoms. The molecule has 0 atom stereocenters. The third kappa shape index (κ3) is 3.66. The zero-order valence-corrected chi connectivity index (χ0v) is 9.27. The number of hydrogen-bond donors (Lipinski definition) is 1. The average molecular weight is 199 g/mol. The molecule has 0 spiro atoms. The van der Waals surface area contributed by atoms with Crippen molar-refractivity contribution >= 4 is 5.91 Å². The first-order valence-electron chi connectivity index (χ1n) is 5.51. The molecule has 1 aliphatic carbocycles. The molecule has 0 heterocycles. The maximum atomic E-state index is 11.3. The lowest BCUT2D eigenvalue weighted by Crippen LogP contribution is -2.36. The van der Waals surface area contributed by atoms with Crippen LogP contribution in [0.4, 0.5) is 0 Å². The highest BCUT2D eigenvalue weighted by atomic mass is 16.5. The van der Waals surface area contributed by atoms with Gasteiger partial charge in [0.1, 0.15) is 6.61 Å². The Bertz CT molecular complexity index is 186. The van der Waals surface area contributed by atoms with Crippen molar-refractivity contribution in [3.63, 3.8) is 0 Å². The molecule has 1 saturated carbocycles. The molecule has 1 rings (SSSR count). The van der Waals surface area contributed by atoms with E-state index in [-0.39, 0.29) is 12.5 Å². The van der Waals surface area contributed by atoms with Crippen LogP contribution in [0.5, 0.6) is 0 Å². The molecule has 0 unspecified atom stereocenters.